The highest BCUT2D eigenvalue weighted by Gasteiger charge is 2.21. The van der Waals surface area contributed by atoms with E-state index in [1.54, 1.807) is 0 Å². The quantitative estimate of drug-likeness (QED) is 0.528. The molecule has 19 heavy (non-hydrogen) atoms. The van der Waals surface area contributed by atoms with Crippen molar-refractivity contribution in [2.45, 2.75) is 24.2 Å². The van der Waals surface area contributed by atoms with Gasteiger partial charge in [-0.25, -0.2) is 13.1 Å². The summed E-state index contributed by atoms with van der Waals surface area (Å²) in [5.41, 5.74) is 5.82. The summed E-state index contributed by atoms with van der Waals surface area (Å²) in [6.07, 6.45) is 2.01. The lowest BCUT2D eigenvalue weighted by Crippen LogP contribution is -2.25. The predicted molar refractivity (Wildman–Crippen MR) is 77.0 cm³/mol. The van der Waals surface area contributed by atoms with Crippen LogP contribution in [0.3, 0.4) is 0 Å². The third-order valence-corrected chi connectivity index (χ3v) is 4.80. The molecule has 0 unspecified atom stereocenters. The van der Waals surface area contributed by atoms with Crippen LogP contribution in [0.15, 0.2) is 17.0 Å². The number of nitrogens with two attached hydrogens (primary N) is 1. The van der Waals surface area contributed by atoms with Gasteiger partial charge in [-0.2, -0.15) is 0 Å². The minimum Gasteiger partial charge on any atom is -0.399 e. The molecule has 108 valence electrons. The Bertz CT molecular complexity index is 512. The smallest absolute Gasteiger partial charge is 0.243 e. The molecule has 0 atom stereocenters. The van der Waals surface area contributed by atoms with Gasteiger partial charge in [0.15, 0.2) is 0 Å². The summed E-state index contributed by atoms with van der Waals surface area (Å²) in [7, 11) is -3.76. The molecule has 1 rings (SSSR count). The Morgan fingerprint density at radius 2 is 1.74 bits per heavy atom. The highest BCUT2D eigenvalue weighted by molar-refractivity contribution is 7.89. The maximum Gasteiger partial charge on any atom is 0.243 e. The van der Waals surface area contributed by atoms with E-state index in [1.165, 1.54) is 12.1 Å². The van der Waals surface area contributed by atoms with Crippen molar-refractivity contribution < 1.29 is 13.5 Å². The number of aliphatic hydroxyl groups is 1. The first-order valence-electron chi connectivity index (χ1n) is 5.73. The predicted octanol–water partition coefficient (Wildman–Crippen LogP) is 2.02. The first kappa shape index (κ1) is 16.5. The normalized spacial score (nSPS) is 11.7. The molecule has 0 aliphatic heterocycles. The average Bonchev–Trinajstić information content (AvgIpc) is 2.26. The van der Waals surface area contributed by atoms with Gasteiger partial charge in [-0.3, -0.25) is 0 Å². The molecule has 0 heterocycles. The zero-order valence-electron chi connectivity index (χ0n) is 10.2. The van der Waals surface area contributed by atoms with Crippen LogP contribution in [0.25, 0.3) is 0 Å². The molecule has 0 aliphatic carbocycles. The molecule has 0 aromatic heterocycles. The van der Waals surface area contributed by atoms with Crippen LogP contribution in [0.4, 0.5) is 5.69 Å². The Balaban J connectivity index is 2.78. The minimum atomic E-state index is -3.76. The van der Waals surface area contributed by atoms with E-state index in [-0.39, 0.29) is 28.1 Å². The van der Waals surface area contributed by atoms with E-state index in [4.69, 9.17) is 34.0 Å². The molecule has 0 saturated heterocycles. The van der Waals surface area contributed by atoms with Crippen LogP contribution >= 0.6 is 23.2 Å². The van der Waals surface area contributed by atoms with Crippen LogP contribution in [-0.4, -0.2) is 26.7 Å². The zero-order chi connectivity index (χ0) is 14.5. The minimum absolute atomic E-state index is 0.00661. The summed E-state index contributed by atoms with van der Waals surface area (Å²) in [4.78, 5) is -0.160. The van der Waals surface area contributed by atoms with Crippen molar-refractivity contribution in [1.29, 1.82) is 0 Å². The first-order valence-corrected chi connectivity index (χ1v) is 7.97. The third-order valence-electron chi connectivity index (χ3n) is 2.42. The van der Waals surface area contributed by atoms with Crippen LogP contribution in [0.5, 0.6) is 0 Å². The van der Waals surface area contributed by atoms with Crippen molar-refractivity contribution >= 4 is 38.9 Å². The fraction of sp³-hybridized carbons (Fsp3) is 0.455. The molecule has 1 aromatic rings. The third kappa shape index (κ3) is 4.81. The molecule has 5 nitrogen and oxygen atoms in total. The monoisotopic (exact) mass is 326 g/mol. The highest BCUT2D eigenvalue weighted by atomic mass is 35.5. The van der Waals surface area contributed by atoms with E-state index in [1.807, 2.05) is 0 Å². The Morgan fingerprint density at radius 3 is 2.26 bits per heavy atom. The molecule has 0 aliphatic rings. The van der Waals surface area contributed by atoms with Gasteiger partial charge in [0.1, 0.15) is 4.90 Å². The van der Waals surface area contributed by atoms with Gasteiger partial charge >= 0.3 is 0 Å². The number of rotatable bonds is 7. The van der Waals surface area contributed by atoms with Crippen LogP contribution in [0.2, 0.25) is 10.0 Å². The fourth-order valence-electron chi connectivity index (χ4n) is 1.53. The molecular weight excluding hydrogens is 311 g/mol. The molecular formula is C11H16Cl2N2O3S. The molecule has 8 heteroatoms. The average molecular weight is 327 g/mol. The Morgan fingerprint density at radius 1 is 1.16 bits per heavy atom. The van der Waals surface area contributed by atoms with E-state index in [0.29, 0.717) is 18.5 Å². The van der Waals surface area contributed by atoms with Crippen LogP contribution < -0.4 is 10.5 Å². The number of halogens is 2. The van der Waals surface area contributed by atoms with Crippen molar-refractivity contribution in [1.82, 2.24) is 4.72 Å². The number of nitrogen functional groups attached to an aromatic ring is 1. The van der Waals surface area contributed by atoms with Crippen molar-refractivity contribution in [2.24, 2.45) is 0 Å². The Hall–Kier alpha value is -0.530. The molecule has 0 saturated carbocycles. The molecule has 0 spiro atoms. The summed E-state index contributed by atoms with van der Waals surface area (Å²) in [6, 6.07) is 2.68. The largest absolute Gasteiger partial charge is 0.399 e. The summed E-state index contributed by atoms with van der Waals surface area (Å²) in [5.74, 6) is 0. The van der Waals surface area contributed by atoms with Gasteiger partial charge in [-0.05, 0) is 31.4 Å². The Labute approximate surface area is 122 Å². The molecule has 0 amide bonds. The zero-order valence-corrected chi connectivity index (χ0v) is 12.5. The van der Waals surface area contributed by atoms with Crippen LogP contribution in [-0.2, 0) is 10.0 Å². The Kier molecular flexibility index (Phi) is 6.35. The molecule has 4 N–H and O–H groups in total. The van der Waals surface area contributed by atoms with Gasteiger partial charge in [0.05, 0.1) is 10.0 Å². The lowest BCUT2D eigenvalue weighted by Gasteiger charge is -2.10. The second kappa shape index (κ2) is 7.31. The number of unbranched alkanes of at least 4 members (excludes halogenated alkanes) is 2. The van der Waals surface area contributed by atoms with Crippen LogP contribution in [0.1, 0.15) is 19.3 Å². The number of aliphatic hydroxyl groups excluding tert-OH is 1. The first-order chi connectivity index (χ1) is 8.88. The number of nitrogens with one attached hydrogen (secondary N) is 1. The standard InChI is InChI=1S/C11H16Cl2N2O3S/c12-9-6-8(14)7-10(13)11(9)19(17,18)15-4-2-1-3-5-16/h6-7,15-16H,1-5,14H2. The van der Waals surface area contributed by atoms with E-state index >= 15 is 0 Å². The molecule has 1 aromatic carbocycles. The summed E-state index contributed by atoms with van der Waals surface area (Å²) >= 11 is 11.7. The van der Waals surface area contributed by atoms with Gasteiger partial charge in [-0.15, -0.1) is 0 Å². The number of benzene rings is 1. The molecule has 0 bridgehead atoms. The van der Waals surface area contributed by atoms with E-state index < -0.39 is 10.0 Å². The van der Waals surface area contributed by atoms with Gasteiger partial charge in [0, 0.05) is 18.8 Å². The van der Waals surface area contributed by atoms with Crippen LogP contribution in [0, 0.1) is 0 Å². The maximum absolute atomic E-state index is 12.0. The summed E-state index contributed by atoms with van der Waals surface area (Å²) in [6.45, 7) is 0.363. The number of anilines is 1. The van der Waals surface area contributed by atoms with Crippen molar-refractivity contribution in [2.75, 3.05) is 18.9 Å². The summed E-state index contributed by atoms with van der Waals surface area (Å²) < 4.78 is 26.5. The SMILES string of the molecule is Nc1cc(Cl)c(S(=O)(=O)NCCCCCO)c(Cl)c1. The van der Waals surface area contributed by atoms with Gasteiger partial charge in [-0.1, -0.05) is 23.2 Å². The second-order valence-corrected chi connectivity index (χ2v) is 6.51. The molecule has 0 fully saturated rings. The summed E-state index contributed by atoms with van der Waals surface area (Å²) in [5, 5.41) is 8.60. The number of sulfonamides is 1. The number of hydrogen-bond acceptors (Lipinski definition) is 4. The van der Waals surface area contributed by atoms with E-state index in [0.717, 1.165) is 6.42 Å². The second-order valence-electron chi connectivity index (χ2n) is 4.00. The lowest BCUT2D eigenvalue weighted by atomic mass is 10.2. The van der Waals surface area contributed by atoms with Crippen molar-refractivity contribution in [3.05, 3.63) is 22.2 Å². The van der Waals surface area contributed by atoms with Crippen molar-refractivity contribution in [3.63, 3.8) is 0 Å². The fourth-order valence-corrected chi connectivity index (χ4v) is 3.83. The molecule has 0 radical (unpaired) electrons. The highest BCUT2D eigenvalue weighted by Crippen LogP contribution is 2.31. The topological polar surface area (TPSA) is 92.4 Å². The van der Waals surface area contributed by atoms with Gasteiger partial charge in [0.2, 0.25) is 10.0 Å². The lowest BCUT2D eigenvalue weighted by molar-refractivity contribution is 0.283. The van der Waals surface area contributed by atoms with E-state index in [2.05, 4.69) is 4.72 Å². The van der Waals surface area contributed by atoms with Gasteiger partial charge < -0.3 is 10.8 Å². The van der Waals surface area contributed by atoms with Crippen molar-refractivity contribution in [3.8, 4) is 0 Å². The maximum atomic E-state index is 12.0. The van der Waals surface area contributed by atoms with E-state index in [9.17, 15) is 8.42 Å². The van der Waals surface area contributed by atoms with Gasteiger partial charge in [0.25, 0.3) is 0 Å². The number of hydrogen-bond donors (Lipinski definition) is 3.